The highest BCUT2D eigenvalue weighted by Gasteiger charge is 2.37. The predicted octanol–water partition coefficient (Wildman–Crippen LogP) is 0.723. The number of rotatable bonds is 2. The van der Waals surface area contributed by atoms with Gasteiger partial charge in [0.25, 0.3) is 0 Å². The number of aliphatic imine (C=N–C) groups is 2. The van der Waals surface area contributed by atoms with Gasteiger partial charge >= 0.3 is 5.97 Å². The first-order chi connectivity index (χ1) is 5.10. The fraction of sp³-hybridized carbons (Fsp3) is 0.571. The Morgan fingerprint density at radius 1 is 1.82 bits per heavy atom. The van der Waals surface area contributed by atoms with Crippen LogP contribution in [0.2, 0.25) is 0 Å². The third-order valence-electron chi connectivity index (χ3n) is 1.66. The zero-order valence-corrected chi connectivity index (χ0v) is 6.53. The Kier molecular flexibility index (Phi) is 1.76. The highest BCUT2D eigenvalue weighted by Crippen LogP contribution is 2.21. The van der Waals surface area contributed by atoms with Gasteiger partial charge in [-0.05, 0) is 6.92 Å². The SMILES string of the molecule is CCC1(C(=O)O)N=CC(C)=N1. The lowest BCUT2D eigenvalue weighted by molar-refractivity contribution is -0.142. The first kappa shape index (κ1) is 7.91. The molecule has 1 unspecified atom stereocenters. The molecule has 60 valence electrons. The molecule has 0 saturated heterocycles. The maximum Gasteiger partial charge on any atom is 0.354 e. The summed E-state index contributed by atoms with van der Waals surface area (Å²) in [5.74, 6) is -0.979. The number of nitrogens with zero attached hydrogens (tertiary/aromatic N) is 2. The van der Waals surface area contributed by atoms with Gasteiger partial charge in [0.2, 0.25) is 5.66 Å². The van der Waals surface area contributed by atoms with Crippen LogP contribution in [0.5, 0.6) is 0 Å². The van der Waals surface area contributed by atoms with Crippen LogP contribution in [-0.2, 0) is 4.79 Å². The minimum absolute atomic E-state index is 0.399. The lowest BCUT2D eigenvalue weighted by Crippen LogP contribution is -2.31. The fourth-order valence-electron chi connectivity index (χ4n) is 0.974. The number of hydrogen-bond donors (Lipinski definition) is 1. The molecule has 1 N–H and O–H groups in total. The van der Waals surface area contributed by atoms with Crippen molar-refractivity contribution in [3.05, 3.63) is 0 Å². The molecular weight excluding hydrogens is 144 g/mol. The molecule has 1 atom stereocenters. The first-order valence-electron chi connectivity index (χ1n) is 3.46. The van der Waals surface area contributed by atoms with Crippen molar-refractivity contribution in [3.8, 4) is 0 Å². The van der Waals surface area contributed by atoms with Crippen molar-refractivity contribution in [2.24, 2.45) is 9.98 Å². The van der Waals surface area contributed by atoms with E-state index in [4.69, 9.17) is 5.11 Å². The minimum Gasteiger partial charge on any atom is -0.478 e. The maximum absolute atomic E-state index is 10.7. The average molecular weight is 154 g/mol. The van der Waals surface area contributed by atoms with Crippen LogP contribution in [0.3, 0.4) is 0 Å². The van der Waals surface area contributed by atoms with Gasteiger partial charge < -0.3 is 5.11 Å². The van der Waals surface area contributed by atoms with Crippen LogP contribution in [-0.4, -0.2) is 28.7 Å². The second-order valence-corrected chi connectivity index (χ2v) is 2.49. The molecule has 0 aromatic carbocycles. The van der Waals surface area contributed by atoms with E-state index in [0.29, 0.717) is 12.1 Å². The van der Waals surface area contributed by atoms with Crippen molar-refractivity contribution in [1.82, 2.24) is 0 Å². The molecule has 0 saturated carbocycles. The topological polar surface area (TPSA) is 62.0 Å². The molecule has 0 fully saturated rings. The van der Waals surface area contributed by atoms with E-state index in [-0.39, 0.29) is 0 Å². The van der Waals surface area contributed by atoms with Crippen LogP contribution in [0.15, 0.2) is 9.98 Å². The first-order valence-corrected chi connectivity index (χ1v) is 3.46. The standard InChI is InChI=1S/C7H10N2O2/c1-3-7(6(10)11)8-4-5(2)9-7/h4H,3H2,1-2H3,(H,10,11). The predicted molar refractivity (Wildman–Crippen MR) is 42.3 cm³/mol. The summed E-state index contributed by atoms with van der Waals surface area (Å²) in [7, 11) is 0. The fourth-order valence-corrected chi connectivity index (χ4v) is 0.974. The van der Waals surface area contributed by atoms with Gasteiger partial charge in [-0.2, -0.15) is 0 Å². The normalized spacial score (nSPS) is 28.7. The summed E-state index contributed by atoms with van der Waals surface area (Å²) in [5.41, 5.74) is -0.543. The molecule has 0 aromatic heterocycles. The van der Waals surface area contributed by atoms with Crippen molar-refractivity contribution in [2.45, 2.75) is 25.9 Å². The van der Waals surface area contributed by atoms with E-state index in [0.717, 1.165) is 0 Å². The van der Waals surface area contributed by atoms with E-state index >= 15 is 0 Å². The second kappa shape index (κ2) is 2.45. The van der Waals surface area contributed by atoms with Gasteiger partial charge in [-0.25, -0.2) is 9.79 Å². The summed E-state index contributed by atoms with van der Waals surface area (Å²) in [4.78, 5) is 18.5. The summed E-state index contributed by atoms with van der Waals surface area (Å²) in [6.07, 6.45) is 1.90. The van der Waals surface area contributed by atoms with Crippen LogP contribution in [0.4, 0.5) is 0 Å². The van der Waals surface area contributed by atoms with Gasteiger partial charge in [0, 0.05) is 12.6 Å². The molecule has 0 spiro atoms. The van der Waals surface area contributed by atoms with E-state index in [1.165, 1.54) is 6.21 Å². The molecule has 4 nitrogen and oxygen atoms in total. The van der Waals surface area contributed by atoms with E-state index in [1.807, 2.05) is 0 Å². The molecule has 0 radical (unpaired) electrons. The van der Waals surface area contributed by atoms with Crippen molar-refractivity contribution >= 4 is 17.9 Å². The minimum atomic E-state index is -1.22. The number of aliphatic carboxylic acids is 1. The zero-order valence-electron chi connectivity index (χ0n) is 6.53. The Morgan fingerprint density at radius 2 is 2.45 bits per heavy atom. The summed E-state index contributed by atoms with van der Waals surface area (Å²) in [5, 5.41) is 8.76. The Bertz CT molecular complexity index is 245. The molecule has 0 amide bonds. The van der Waals surface area contributed by atoms with Gasteiger partial charge in [-0.15, -0.1) is 0 Å². The van der Waals surface area contributed by atoms with E-state index in [9.17, 15) is 4.79 Å². The largest absolute Gasteiger partial charge is 0.478 e. The summed E-state index contributed by atoms with van der Waals surface area (Å²) < 4.78 is 0. The van der Waals surface area contributed by atoms with E-state index in [1.54, 1.807) is 13.8 Å². The summed E-state index contributed by atoms with van der Waals surface area (Å²) in [6.45, 7) is 3.50. The van der Waals surface area contributed by atoms with Crippen molar-refractivity contribution in [3.63, 3.8) is 0 Å². The van der Waals surface area contributed by atoms with Gasteiger partial charge in [-0.1, -0.05) is 6.92 Å². The summed E-state index contributed by atoms with van der Waals surface area (Å²) in [6, 6.07) is 0. The third kappa shape index (κ3) is 1.15. The number of carboxylic acid groups (broad SMARTS) is 1. The Balaban J connectivity index is 2.98. The lowest BCUT2D eigenvalue weighted by Gasteiger charge is -2.14. The Morgan fingerprint density at radius 3 is 2.64 bits per heavy atom. The van der Waals surface area contributed by atoms with Crippen LogP contribution in [0.1, 0.15) is 20.3 Å². The second-order valence-electron chi connectivity index (χ2n) is 2.49. The van der Waals surface area contributed by atoms with Crippen LogP contribution in [0, 0.1) is 0 Å². The lowest BCUT2D eigenvalue weighted by atomic mass is 10.1. The maximum atomic E-state index is 10.7. The molecular formula is C7H10N2O2. The highest BCUT2D eigenvalue weighted by molar-refractivity contribution is 6.31. The van der Waals surface area contributed by atoms with Crippen LogP contribution < -0.4 is 0 Å². The van der Waals surface area contributed by atoms with Gasteiger partial charge in [0.15, 0.2) is 0 Å². The Labute approximate surface area is 64.7 Å². The monoisotopic (exact) mass is 154 g/mol. The van der Waals surface area contributed by atoms with Crippen molar-refractivity contribution in [2.75, 3.05) is 0 Å². The molecule has 1 aliphatic rings. The van der Waals surface area contributed by atoms with Gasteiger partial charge in [0.05, 0.1) is 5.71 Å². The number of carboxylic acids is 1. The molecule has 0 bridgehead atoms. The molecule has 1 rings (SSSR count). The van der Waals surface area contributed by atoms with Crippen molar-refractivity contribution in [1.29, 1.82) is 0 Å². The number of hydrogen-bond acceptors (Lipinski definition) is 3. The molecule has 11 heavy (non-hydrogen) atoms. The highest BCUT2D eigenvalue weighted by atomic mass is 16.4. The number of carbonyl (C=O) groups is 1. The third-order valence-corrected chi connectivity index (χ3v) is 1.66. The molecule has 0 aromatic rings. The van der Waals surface area contributed by atoms with E-state index in [2.05, 4.69) is 9.98 Å². The van der Waals surface area contributed by atoms with Gasteiger partial charge in [0.1, 0.15) is 0 Å². The quantitative estimate of drug-likeness (QED) is 0.637. The van der Waals surface area contributed by atoms with E-state index < -0.39 is 11.6 Å². The summed E-state index contributed by atoms with van der Waals surface area (Å²) >= 11 is 0. The average Bonchev–Trinajstić information content (AvgIpc) is 2.33. The molecule has 1 aliphatic heterocycles. The zero-order chi connectivity index (χ0) is 8.48. The Hall–Kier alpha value is -1.19. The van der Waals surface area contributed by atoms with Gasteiger partial charge in [-0.3, -0.25) is 4.99 Å². The molecule has 0 aliphatic carbocycles. The van der Waals surface area contributed by atoms with Crippen LogP contribution >= 0.6 is 0 Å². The van der Waals surface area contributed by atoms with Crippen LogP contribution in [0.25, 0.3) is 0 Å². The van der Waals surface area contributed by atoms with Crippen molar-refractivity contribution < 1.29 is 9.90 Å². The smallest absolute Gasteiger partial charge is 0.354 e. The molecule has 1 heterocycles. The molecule has 4 heteroatoms.